The van der Waals surface area contributed by atoms with E-state index in [1.165, 1.54) is 24.3 Å². The number of fused-ring (bicyclic) bond motifs is 1. The number of alkyl halides is 3. The van der Waals surface area contributed by atoms with E-state index < -0.39 is 6.36 Å². The molecule has 0 atom stereocenters. The van der Waals surface area contributed by atoms with Crippen LogP contribution in [0.5, 0.6) is 17.2 Å². The van der Waals surface area contributed by atoms with Gasteiger partial charge in [-0.25, -0.2) is 0 Å². The highest BCUT2D eigenvalue weighted by molar-refractivity contribution is 5.98. The Morgan fingerprint density at radius 2 is 1.84 bits per heavy atom. The third kappa shape index (κ3) is 4.77. The van der Waals surface area contributed by atoms with Crippen molar-refractivity contribution in [1.82, 2.24) is 9.88 Å². The topological polar surface area (TPSA) is 60.9 Å². The van der Waals surface area contributed by atoms with Gasteiger partial charge in [0.1, 0.15) is 29.5 Å². The smallest absolute Gasteiger partial charge is 0.495 e. The van der Waals surface area contributed by atoms with Crippen LogP contribution in [0.3, 0.4) is 0 Å². The van der Waals surface area contributed by atoms with Crippen molar-refractivity contribution in [3.63, 3.8) is 0 Å². The number of carbonyl (C=O) groups excluding carboxylic acids is 1. The summed E-state index contributed by atoms with van der Waals surface area (Å²) in [5.41, 5.74) is 2.29. The Morgan fingerprint density at radius 1 is 1.09 bits per heavy atom. The largest absolute Gasteiger partial charge is 0.573 e. The molecular weight excluding hydrogens is 425 g/mol. The van der Waals surface area contributed by atoms with Crippen LogP contribution >= 0.6 is 0 Å². The number of nitrogens with zero attached hydrogens (tertiary/aromatic N) is 2. The van der Waals surface area contributed by atoms with Gasteiger partial charge in [0, 0.05) is 6.20 Å². The van der Waals surface area contributed by atoms with E-state index >= 15 is 0 Å². The van der Waals surface area contributed by atoms with Gasteiger partial charge in [-0.15, -0.1) is 13.2 Å². The molecule has 166 valence electrons. The Morgan fingerprint density at radius 3 is 2.56 bits per heavy atom. The normalized spacial score (nSPS) is 13.8. The Balaban J connectivity index is 1.60. The second kappa shape index (κ2) is 8.78. The molecule has 1 aromatic heterocycles. The number of aromatic nitrogens is 1. The van der Waals surface area contributed by atoms with Crippen molar-refractivity contribution in [2.75, 3.05) is 20.3 Å². The number of carbonyl (C=O) groups is 1. The number of pyridine rings is 1. The number of rotatable bonds is 5. The third-order valence-electron chi connectivity index (χ3n) is 4.95. The Kier molecular flexibility index (Phi) is 5.89. The fraction of sp³-hybridized carbons (Fsp3) is 0.217. The zero-order valence-corrected chi connectivity index (χ0v) is 17.1. The maximum atomic E-state index is 13.3. The molecule has 0 saturated carbocycles. The molecule has 32 heavy (non-hydrogen) atoms. The number of amides is 1. The first-order valence-corrected chi connectivity index (χ1v) is 9.74. The van der Waals surface area contributed by atoms with Crippen LogP contribution in [-0.2, 0) is 6.54 Å². The van der Waals surface area contributed by atoms with E-state index in [1.807, 2.05) is 0 Å². The van der Waals surface area contributed by atoms with E-state index in [2.05, 4.69) is 9.72 Å². The highest BCUT2D eigenvalue weighted by Crippen LogP contribution is 2.32. The highest BCUT2D eigenvalue weighted by atomic mass is 19.4. The number of ether oxygens (including phenoxy) is 3. The first-order valence-electron chi connectivity index (χ1n) is 9.74. The lowest BCUT2D eigenvalue weighted by atomic mass is 10.0. The van der Waals surface area contributed by atoms with Gasteiger partial charge in [-0.3, -0.25) is 9.78 Å². The average molecular weight is 444 g/mol. The summed E-state index contributed by atoms with van der Waals surface area (Å²) < 4.78 is 52.1. The van der Waals surface area contributed by atoms with Crippen LogP contribution in [0.25, 0.3) is 11.1 Å². The first-order chi connectivity index (χ1) is 15.3. The quantitative estimate of drug-likeness (QED) is 0.572. The Labute approximate surface area is 182 Å². The molecule has 1 amide bonds. The molecular formula is C23H19F3N2O4. The van der Waals surface area contributed by atoms with Crippen LogP contribution in [-0.4, -0.2) is 42.4 Å². The van der Waals surface area contributed by atoms with Crippen LogP contribution in [0.4, 0.5) is 13.2 Å². The van der Waals surface area contributed by atoms with Crippen molar-refractivity contribution in [3.05, 3.63) is 72.1 Å². The van der Waals surface area contributed by atoms with E-state index in [9.17, 15) is 18.0 Å². The van der Waals surface area contributed by atoms with Crippen molar-refractivity contribution in [3.8, 4) is 28.4 Å². The Hall–Kier alpha value is -3.75. The standard InChI is InChI=1S/C23H19F3N2O4/c1-30-21-3-2-10-27-19(21)14-28-11-12-31-20-9-6-16(13-18(20)22(28)29)15-4-7-17(8-5-15)32-23(24,25)26/h2-10,13H,11-12,14H2,1H3. The molecule has 1 aliphatic rings. The molecule has 0 spiro atoms. The van der Waals surface area contributed by atoms with Crippen molar-refractivity contribution >= 4 is 5.91 Å². The van der Waals surface area contributed by atoms with Crippen LogP contribution in [0.1, 0.15) is 16.1 Å². The summed E-state index contributed by atoms with van der Waals surface area (Å²) in [5, 5.41) is 0. The van der Waals surface area contributed by atoms with Crippen LogP contribution < -0.4 is 14.2 Å². The lowest BCUT2D eigenvalue weighted by Crippen LogP contribution is -2.32. The molecule has 6 nitrogen and oxygen atoms in total. The molecule has 0 saturated heterocycles. The monoisotopic (exact) mass is 444 g/mol. The van der Waals surface area contributed by atoms with Crippen molar-refractivity contribution < 1.29 is 32.2 Å². The zero-order chi connectivity index (χ0) is 22.7. The van der Waals surface area contributed by atoms with Gasteiger partial charge in [0.25, 0.3) is 5.91 Å². The van der Waals surface area contributed by atoms with Crippen LogP contribution in [0.2, 0.25) is 0 Å². The molecule has 2 aromatic carbocycles. The van der Waals surface area contributed by atoms with Crippen molar-refractivity contribution in [2.45, 2.75) is 12.9 Å². The molecule has 0 radical (unpaired) electrons. The molecule has 3 aromatic rings. The van der Waals surface area contributed by atoms with Crippen LogP contribution in [0.15, 0.2) is 60.8 Å². The van der Waals surface area contributed by atoms with E-state index in [0.717, 1.165) is 0 Å². The predicted molar refractivity (Wildman–Crippen MR) is 110 cm³/mol. The minimum Gasteiger partial charge on any atom is -0.495 e. The lowest BCUT2D eigenvalue weighted by Gasteiger charge is -2.20. The fourth-order valence-corrected chi connectivity index (χ4v) is 3.45. The molecule has 0 aliphatic carbocycles. The van der Waals surface area contributed by atoms with Gasteiger partial charge in [0.05, 0.1) is 25.8 Å². The van der Waals surface area contributed by atoms with Gasteiger partial charge >= 0.3 is 6.36 Å². The minimum absolute atomic E-state index is 0.232. The lowest BCUT2D eigenvalue weighted by molar-refractivity contribution is -0.274. The molecule has 0 N–H and O–H groups in total. The first kappa shape index (κ1) is 21.5. The summed E-state index contributed by atoms with van der Waals surface area (Å²) >= 11 is 0. The van der Waals surface area contributed by atoms with Crippen molar-refractivity contribution in [1.29, 1.82) is 0 Å². The summed E-state index contributed by atoms with van der Waals surface area (Å²) in [7, 11) is 1.54. The summed E-state index contributed by atoms with van der Waals surface area (Å²) in [6.07, 6.45) is -3.12. The summed E-state index contributed by atoms with van der Waals surface area (Å²) in [5.74, 6) is 0.488. The van der Waals surface area contributed by atoms with E-state index in [1.54, 1.807) is 48.5 Å². The summed E-state index contributed by atoms with van der Waals surface area (Å²) in [4.78, 5) is 19.2. The zero-order valence-electron chi connectivity index (χ0n) is 17.1. The SMILES string of the molecule is COc1cccnc1CN1CCOc2ccc(-c3ccc(OC(F)(F)F)cc3)cc2C1=O. The number of benzene rings is 2. The predicted octanol–water partition coefficient (Wildman–Crippen LogP) is 4.69. The second-order valence-electron chi connectivity index (χ2n) is 7.01. The van der Waals surface area contributed by atoms with Gasteiger partial charge < -0.3 is 19.1 Å². The van der Waals surface area contributed by atoms with E-state index in [4.69, 9.17) is 9.47 Å². The maximum absolute atomic E-state index is 13.3. The molecule has 9 heteroatoms. The molecule has 0 unspecified atom stereocenters. The summed E-state index contributed by atoms with van der Waals surface area (Å²) in [6.45, 7) is 0.933. The Bertz CT molecular complexity index is 1120. The van der Waals surface area contributed by atoms with Crippen molar-refractivity contribution in [2.24, 2.45) is 0 Å². The minimum atomic E-state index is -4.75. The molecule has 0 bridgehead atoms. The number of halogens is 3. The summed E-state index contributed by atoms with van der Waals surface area (Å²) in [6, 6.07) is 14.1. The number of hydrogen-bond donors (Lipinski definition) is 0. The van der Waals surface area contributed by atoms with Gasteiger partial charge in [-0.05, 0) is 47.5 Å². The van der Waals surface area contributed by atoms with Gasteiger partial charge in [-0.1, -0.05) is 18.2 Å². The molecule has 0 fully saturated rings. The molecule has 4 rings (SSSR count). The maximum Gasteiger partial charge on any atom is 0.573 e. The van der Waals surface area contributed by atoms with E-state index in [0.29, 0.717) is 47.0 Å². The third-order valence-corrected chi connectivity index (χ3v) is 4.95. The van der Waals surface area contributed by atoms with Crippen LogP contribution in [0, 0.1) is 0 Å². The number of hydrogen-bond acceptors (Lipinski definition) is 5. The molecule has 2 heterocycles. The number of methoxy groups -OCH3 is 1. The highest BCUT2D eigenvalue weighted by Gasteiger charge is 2.31. The van der Waals surface area contributed by atoms with E-state index in [-0.39, 0.29) is 18.2 Å². The average Bonchev–Trinajstić information content (AvgIpc) is 2.92. The second-order valence-corrected chi connectivity index (χ2v) is 7.01. The van der Waals surface area contributed by atoms with Gasteiger partial charge in [0.2, 0.25) is 0 Å². The van der Waals surface area contributed by atoms with Gasteiger partial charge in [-0.2, -0.15) is 0 Å². The van der Waals surface area contributed by atoms with Gasteiger partial charge in [0.15, 0.2) is 0 Å². The molecule has 1 aliphatic heterocycles. The fourth-order valence-electron chi connectivity index (χ4n) is 3.45.